The summed E-state index contributed by atoms with van der Waals surface area (Å²) in [6.45, 7) is 8.26. The van der Waals surface area contributed by atoms with Crippen molar-refractivity contribution >= 4 is 5.97 Å². The van der Waals surface area contributed by atoms with Gasteiger partial charge in [0.2, 0.25) is 0 Å². The molecular formula is C26H28O2. The molecule has 3 rings (SSSR count). The van der Waals surface area contributed by atoms with Crippen molar-refractivity contribution in [3.63, 3.8) is 0 Å². The highest BCUT2D eigenvalue weighted by molar-refractivity contribution is 5.81. The molecule has 2 nitrogen and oxygen atoms in total. The first-order chi connectivity index (χ1) is 13.5. The summed E-state index contributed by atoms with van der Waals surface area (Å²) in [5, 5.41) is 0. The Hall–Kier alpha value is -2.87. The Kier molecular flexibility index (Phi) is 6.30. The minimum Gasteiger partial charge on any atom is -0.426 e. The fraction of sp³-hybridized carbons (Fsp3) is 0.269. The van der Waals surface area contributed by atoms with Crippen LogP contribution < -0.4 is 4.74 Å². The average molecular weight is 373 g/mol. The highest BCUT2D eigenvalue weighted by Gasteiger charge is 2.22. The predicted molar refractivity (Wildman–Crippen MR) is 116 cm³/mol. The molecule has 0 radical (unpaired) electrons. The lowest BCUT2D eigenvalue weighted by Gasteiger charge is -2.18. The molecule has 0 amide bonds. The van der Waals surface area contributed by atoms with Crippen LogP contribution in [-0.2, 0) is 4.79 Å². The third-order valence-electron chi connectivity index (χ3n) is 5.11. The quantitative estimate of drug-likeness (QED) is 0.348. The minimum absolute atomic E-state index is 0.192. The van der Waals surface area contributed by atoms with E-state index in [1.165, 1.54) is 5.56 Å². The maximum absolute atomic E-state index is 13.0. The Morgan fingerprint density at radius 1 is 0.893 bits per heavy atom. The number of hydrogen-bond donors (Lipinski definition) is 0. The van der Waals surface area contributed by atoms with E-state index in [1.807, 2.05) is 50.2 Å². The van der Waals surface area contributed by atoms with Gasteiger partial charge in [0.05, 0.1) is 5.92 Å². The van der Waals surface area contributed by atoms with Crippen LogP contribution >= 0.6 is 0 Å². The van der Waals surface area contributed by atoms with Gasteiger partial charge in [-0.3, -0.25) is 4.79 Å². The molecule has 0 aromatic heterocycles. The van der Waals surface area contributed by atoms with Crippen LogP contribution in [0.1, 0.15) is 55.7 Å². The predicted octanol–water partition coefficient (Wildman–Crippen LogP) is 6.88. The molecule has 3 aromatic carbocycles. The molecule has 0 spiro atoms. The van der Waals surface area contributed by atoms with E-state index in [0.29, 0.717) is 18.1 Å². The molecule has 0 aliphatic rings. The smallest absolute Gasteiger partial charge is 0.318 e. The van der Waals surface area contributed by atoms with Crippen molar-refractivity contribution in [1.29, 1.82) is 0 Å². The third kappa shape index (κ3) is 4.51. The molecule has 2 heteroatoms. The maximum Gasteiger partial charge on any atom is 0.318 e. The molecular weight excluding hydrogens is 344 g/mol. The summed E-state index contributed by atoms with van der Waals surface area (Å²) in [6.07, 6.45) is 0.701. The van der Waals surface area contributed by atoms with Crippen molar-refractivity contribution in [2.24, 2.45) is 0 Å². The number of aryl methyl sites for hydroxylation is 1. The van der Waals surface area contributed by atoms with Gasteiger partial charge < -0.3 is 4.74 Å². The van der Waals surface area contributed by atoms with Crippen LogP contribution in [0.4, 0.5) is 0 Å². The van der Waals surface area contributed by atoms with E-state index < -0.39 is 0 Å². The summed E-state index contributed by atoms with van der Waals surface area (Å²) in [4.78, 5) is 13.0. The van der Waals surface area contributed by atoms with Gasteiger partial charge in [-0.2, -0.15) is 0 Å². The Labute approximate surface area is 168 Å². The second-order valence-electron chi connectivity index (χ2n) is 7.57. The van der Waals surface area contributed by atoms with Crippen molar-refractivity contribution in [2.45, 2.75) is 46.0 Å². The van der Waals surface area contributed by atoms with Crippen molar-refractivity contribution in [1.82, 2.24) is 0 Å². The summed E-state index contributed by atoms with van der Waals surface area (Å²) in [6, 6.07) is 24.6. The van der Waals surface area contributed by atoms with Crippen molar-refractivity contribution in [2.75, 3.05) is 0 Å². The summed E-state index contributed by atoms with van der Waals surface area (Å²) in [5.41, 5.74) is 5.46. The van der Waals surface area contributed by atoms with Gasteiger partial charge in [0, 0.05) is 0 Å². The molecule has 0 saturated heterocycles. The van der Waals surface area contributed by atoms with Gasteiger partial charge in [-0.15, -0.1) is 0 Å². The number of hydrogen-bond acceptors (Lipinski definition) is 2. The normalized spacial score (nSPS) is 12.0. The van der Waals surface area contributed by atoms with Gasteiger partial charge in [0.25, 0.3) is 0 Å². The molecule has 1 atom stereocenters. The number of esters is 1. The van der Waals surface area contributed by atoms with Crippen LogP contribution in [0.3, 0.4) is 0 Å². The van der Waals surface area contributed by atoms with Gasteiger partial charge in [0.15, 0.2) is 0 Å². The standard InChI is InChI=1S/C26H28O2/c1-5-23(22-14-12-21(13-15-22)20-9-7-6-8-10-20)26(27)28-25-17-19(4)11-16-24(25)18(2)3/h6-18,23H,5H2,1-4H3. The van der Waals surface area contributed by atoms with Crippen molar-refractivity contribution in [3.8, 4) is 16.9 Å². The van der Waals surface area contributed by atoms with E-state index in [2.05, 4.69) is 50.2 Å². The summed E-state index contributed by atoms with van der Waals surface area (Å²) in [5.74, 6) is 0.515. The highest BCUT2D eigenvalue weighted by atomic mass is 16.5. The van der Waals surface area contributed by atoms with E-state index in [1.54, 1.807) is 0 Å². The molecule has 0 aliphatic carbocycles. The second-order valence-corrected chi connectivity index (χ2v) is 7.57. The van der Waals surface area contributed by atoms with Crippen LogP contribution in [0.25, 0.3) is 11.1 Å². The maximum atomic E-state index is 13.0. The zero-order chi connectivity index (χ0) is 20.1. The molecule has 1 unspecified atom stereocenters. The SMILES string of the molecule is CCC(C(=O)Oc1cc(C)ccc1C(C)C)c1ccc(-c2ccccc2)cc1. The fourth-order valence-corrected chi connectivity index (χ4v) is 3.46. The topological polar surface area (TPSA) is 26.3 Å². The van der Waals surface area contributed by atoms with Crippen LogP contribution in [-0.4, -0.2) is 5.97 Å². The Bertz CT molecular complexity index is 924. The first kappa shape index (κ1) is 19.9. The largest absolute Gasteiger partial charge is 0.426 e. The third-order valence-corrected chi connectivity index (χ3v) is 5.11. The zero-order valence-electron chi connectivity index (χ0n) is 17.1. The minimum atomic E-state index is -0.273. The lowest BCUT2D eigenvalue weighted by molar-refractivity contribution is -0.136. The lowest BCUT2D eigenvalue weighted by atomic mass is 9.94. The van der Waals surface area contributed by atoms with Crippen LogP contribution in [0.2, 0.25) is 0 Å². The van der Waals surface area contributed by atoms with E-state index in [9.17, 15) is 4.79 Å². The molecule has 0 fully saturated rings. The Morgan fingerprint density at radius 3 is 2.14 bits per heavy atom. The molecule has 28 heavy (non-hydrogen) atoms. The Balaban J connectivity index is 1.82. The van der Waals surface area contributed by atoms with Gasteiger partial charge in [0.1, 0.15) is 5.75 Å². The van der Waals surface area contributed by atoms with Crippen LogP contribution in [0.5, 0.6) is 5.75 Å². The van der Waals surface area contributed by atoms with Crippen LogP contribution in [0.15, 0.2) is 72.8 Å². The molecule has 0 heterocycles. The number of benzene rings is 3. The molecule has 0 saturated carbocycles. The zero-order valence-corrected chi connectivity index (χ0v) is 17.1. The molecule has 144 valence electrons. The molecule has 0 aliphatic heterocycles. The van der Waals surface area contributed by atoms with Gasteiger partial charge >= 0.3 is 5.97 Å². The molecule has 0 N–H and O–H groups in total. The second kappa shape index (κ2) is 8.88. The lowest BCUT2D eigenvalue weighted by Crippen LogP contribution is -2.19. The van der Waals surface area contributed by atoms with Gasteiger partial charge in [-0.1, -0.05) is 87.5 Å². The monoisotopic (exact) mass is 372 g/mol. The van der Waals surface area contributed by atoms with E-state index in [-0.39, 0.29) is 11.9 Å². The van der Waals surface area contributed by atoms with Crippen LogP contribution in [0, 0.1) is 6.92 Å². The van der Waals surface area contributed by atoms with Crippen molar-refractivity contribution < 1.29 is 9.53 Å². The average Bonchev–Trinajstić information content (AvgIpc) is 2.69. The summed E-state index contributed by atoms with van der Waals surface area (Å²) >= 11 is 0. The number of carbonyl (C=O) groups excluding carboxylic acids is 1. The van der Waals surface area contributed by atoms with Gasteiger partial charge in [-0.05, 0) is 53.1 Å². The fourth-order valence-electron chi connectivity index (χ4n) is 3.46. The molecule has 3 aromatic rings. The summed E-state index contributed by atoms with van der Waals surface area (Å²) < 4.78 is 5.87. The Morgan fingerprint density at radius 2 is 1.54 bits per heavy atom. The highest BCUT2D eigenvalue weighted by Crippen LogP contribution is 2.31. The summed E-state index contributed by atoms with van der Waals surface area (Å²) in [7, 11) is 0. The van der Waals surface area contributed by atoms with Crippen molar-refractivity contribution in [3.05, 3.63) is 89.5 Å². The number of ether oxygens (including phenoxy) is 1. The molecule has 0 bridgehead atoms. The van der Waals surface area contributed by atoms with E-state index in [0.717, 1.165) is 22.3 Å². The first-order valence-electron chi connectivity index (χ1n) is 9.97. The van der Waals surface area contributed by atoms with E-state index in [4.69, 9.17) is 4.74 Å². The number of carbonyl (C=O) groups is 1. The van der Waals surface area contributed by atoms with E-state index >= 15 is 0 Å². The van der Waals surface area contributed by atoms with Gasteiger partial charge in [-0.25, -0.2) is 0 Å². The first-order valence-corrected chi connectivity index (χ1v) is 9.97. The number of rotatable bonds is 6.